The van der Waals surface area contributed by atoms with Crippen molar-refractivity contribution >= 4 is 28.5 Å². The van der Waals surface area contributed by atoms with Crippen LogP contribution in [0.15, 0.2) is 24.3 Å². The number of aryl methyl sites for hydroxylation is 1. The smallest absolute Gasteiger partial charge is 0.323 e. The molecule has 20 heavy (non-hydrogen) atoms. The third-order valence-electron chi connectivity index (χ3n) is 3.10. The minimum Gasteiger partial charge on any atom is -0.465 e. The van der Waals surface area contributed by atoms with E-state index in [1.165, 1.54) is 0 Å². The van der Waals surface area contributed by atoms with Gasteiger partial charge in [-0.05, 0) is 31.0 Å². The molecule has 2 aromatic rings. The van der Waals surface area contributed by atoms with Crippen LogP contribution in [0.1, 0.15) is 18.1 Å². The second-order valence-corrected chi connectivity index (χ2v) is 5.01. The summed E-state index contributed by atoms with van der Waals surface area (Å²) in [6.07, 6.45) is 0.314. The van der Waals surface area contributed by atoms with Crippen LogP contribution >= 0.6 is 11.6 Å². The van der Waals surface area contributed by atoms with Crippen molar-refractivity contribution in [3.8, 4) is 0 Å². The molecule has 1 unspecified atom stereocenters. The molecular weight excluding hydrogens is 276 g/mol. The van der Waals surface area contributed by atoms with E-state index in [-0.39, 0.29) is 0 Å². The molecule has 106 valence electrons. The van der Waals surface area contributed by atoms with Crippen LogP contribution in [0.25, 0.3) is 10.9 Å². The third kappa shape index (κ3) is 3.08. The lowest BCUT2D eigenvalue weighted by atomic mass is 10.0. The zero-order valence-electron chi connectivity index (χ0n) is 11.5. The van der Waals surface area contributed by atoms with Crippen LogP contribution in [0.4, 0.5) is 0 Å². The van der Waals surface area contributed by atoms with Crippen molar-refractivity contribution in [2.45, 2.75) is 26.3 Å². The van der Waals surface area contributed by atoms with E-state index in [2.05, 4.69) is 4.98 Å². The molecule has 2 rings (SSSR count). The van der Waals surface area contributed by atoms with E-state index in [0.717, 1.165) is 22.0 Å². The number of rotatable bonds is 4. The minimum absolute atomic E-state index is 0.314. The van der Waals surface area contributed by atoms with E-state index in [4.69, 9.17) is 22.1 Å². The lowest BCUT2D eigenvalue weighted by Gasteiger charge is -2.12. The predicted molar refractivity (Wildman–Crippen MR) is 79.8 cm³/mol. The number of hydrogen-bond acceptors (Lipinski definition) is 4. The maximum Gasteiger partial charge on any atom is 0.323 e. The van der Waals surface area contributed by atoms with E-state index in [1.807, 2.05) is 31.2 Å². The van der Waals surface area contributed by atoms with E-state index in [0.29, 0.717) is 18.2 Å². The first-order valence-electron chi connectivity index (χ1n) is 6.50. The molecule has 0 aliphatic heterocycles. The van der Waals surface area contributed by atoms with Crippen LogP contribution < -0.4 is 5.73 Å². The number of carbonyl (C=O) groups is 1. The number of aromatic nitrogens is 1. The summed E-state index contributed by atoms with van der Waals surface area (Å²) in [6.45, 7) is 4.04. The van der Waals surface area contributed by atoms with E-state index >= 15 is 0 Å². The molecule has 0 aliphatic carbocycles. The van der Waals surface area contributed by atoms with Gasteiger partial charge in [-0.3, -0.25) is 4.79 Å². The largest absolute Gasteiger partial charge is 0.465 e. The quantitative estimate of drug-likeness (QED) is 0.695. The molecule has 0 spiro atoms. The van der Waals surface area contributed by atoms with Crippen LogP contribution in [0, 0.1) is 6.92 Å². The number of pyridine rings is 1. The normalized spacial score (nSPS) is 12.4. The van der Waals surface area contributed by atoms with Gasteiger partial charge in [0.15, 0.2) is 0 Å². The van der Waals surface area contributed by atoms with Gasteiger partial charge >= 0.3 is 5.97 Å². The Labute approximate surface area is 122 Å². The molecule has 0 saturated heterocycles. The summed E-state index contributed by atoms with van der Waals surface area (Å²) in [6, 6.07) is 7.11. The van der Waals surface area contributed by atoms with Crippen molar-refractivity contribution in [3.63, 3.8) is 0 Å². The van der Waals surface area contributed by atoms with Gasteiger partial charge < -0.3 is 10.5 Å². The Morgan fingerprint density at radius 1 is 1.50 bits per heavy atom. The first-order chi connectivity index (χ1) is 9.52. The van der Waals surface area contributed by atoms with Gasteiger partial charge in [0.05, 0.1) is 12.1 Å². The fourth-order valence-electron chi connectivity index (χ4n) is 2.08. The molecule has 0 fully saturated rings. The van der Waals surface area contributed by atoms with Gasteiger partial charge in [0.25, 0.3) is 0 Å². The average Bonchev–Trinajstić information content (AvgIpc) is 2.41. The number of fused-ring (bicyclic) bond motifs is 1. The van der Waals surface area contributed by atoms with Gasteiger partial charge in [0, 0.05) is 11.8 Å². The number of nitrogens with zero attached hydrogens (tertiary/aromatic N) is 1. The van der Waals surface area contributed by atoms with Crippen LogP contribution in [-0.2, 0) is 16.0 Å². The third-order valence-corrected chi connectivity index (χ3v) is 3.43. The minimum atomic E-state index is -0.725. The number of benzene rings is 1. The summed E-state index contributed by atoms with van der Waals surface area (Å²) in [4.78, 5) is 16.0. The summed E-state index contributed by atoms with van der Waals surface area (Å²) >= 11 is 6.18. The zero-order valence-corrected chi connectivity index (χ0v) is 12.3. The molecule has 0 radical (unpaired) electrons. The summed E-state index contributed by atoms with van der Waals surface area (Å²) in [5.41, 5.74) is 8.50. The summed E-state index contributed by atoms with van der Waals surface area (Å²) < 4.78 is 4.89. The molecule has 0 amide bonds. The molecule has 0 saturated carbocycles. The molecule has 0 bridgehead atoms. The number of carbonyl (C=O) groups excluding carboxylic acids is 1. The fraction of sp³-hybridized carbons (Fsp3) is 0.333. The molecule has 5 heteroatoms. The Hall–Kier alpha value is -1.65. The van der Waals surface area contributed by atoms with Gasteiger partial charge in [-0.1, -0.05) is 29.8 Å². The van der Waals surface area contributed by atoms with Crippen molar-refractivity contribution < 1.29 is 9.53 Å². The van der Waals surface area contributed by atoms with Crippen LogP contribution in [0.3, 0.4) is 0 Å². The van der Waals surface area contributed by atoms with E-state index in [1.54, 1.807) is 6.92 Å². The first-order valence-corrected chi connectivity index (χ1v) is 6.87. The Morgan fingerprint density at radius 3 is 2.95 bits per heavy atom. The van der Waals surface area contributed by atoms with E-state index in [9.17, 15) is 4.79 Å². The van der Waals surface area contributed by atoms with Crippen LogP contribution in [-0.4, -0.2) is 23.6 Å². The number of para-hydroxylation sites is 1. The zero-order chi connectivity index (χ0) is 14.7. The number of halogens is 1. The molecule has 1 aromatic heterocycles. The maximum atomic E-state index is 11.6. The Morgan fingerprint density at radius 2 is 2.25 bits per heavy atom. The topological polar surface area (TPSA) is 65.2 Å². The van der Waals surface area contributed by atoms with Crippen LogP contribution in [0.2, 0.25) is 5.15 Å². The first kappa shape index (κ1) is 14.8. The highest BCUT2D eigenvalue weighted by atomic mass is 35.5. The number of hydrogen-bond donors (Lipinski definition) is 1. The van der Waals surface area contributed by atoms with Crippen molar-refractivity contribution in [1.82, 2.24) is 4.98 Å². The Bertz CT molecular complexity index is 643. The second-order valence-electron chi connectivity index (χ2n) is 4.65. The van der Waals surface area contributed by atoms with Gasteiger partial charge in [-0.15, -0.1) is 0 Å². The lowest BCUT2D eigenvalue weighted by Crippen LogP contribution is -2.34. The summed E-state index contributed by atoms with van der Waals surface area (Å²) in [7, 11) is 0. The fourth-order valence-corrected chi connectivity index (χ4v) is 2.30. The van der Waals surface area contributed by atoms with Crippen molar-refractivity contribution in [1.29, 1.82) is 0 Å². The molecule has 1 aromatic carbocycles. The van der Waals surface area contributed by atoms with E-state index < -0.39 is 12.0 Å². The SMILES string of the molecule is CCOC(=O)C(N)Cc1cc2cccc(C)c2nc1Cl. The standard InChI is InChI=1S/C15H17ClN2O2/c1-3-20-15(19)12(17)8-11-7-10-6-4-5-9(2)13(10)18-14(11)16/h4-7,12H,3,8,17H2,1-2H3. The summed E-state index contributed by atoms with van der Waals surface area (Å²) in [5, 5.41) is 1.37. The molecular formula is C15H17ClN2O2. The molecule has 1 heterocycles. The number of nitrogens with two attached hydrogens (primary N) is 1. The molecule has 2 N–H and O–H groups in total. The highest BCUT2D eigenvalue weighted by Gasteiger charge is 2.17. The van der Waals surface area contributed by atoms with Crippen molar-refractivity contribution in [3.05, 3.63) is 40.5 Å². The van der Waals surface area contributed by atoms with Crippen molar-refractivity contribution in [2.24, 2.45) is 5.73 Å². The Balaban J connectivity index is 2.31. The highest BCUT2D eigenvalue weighted by molar-refractivity contribution is 6.30. The molecule has 4 nitrogen and oxygen atoms in total. The van der Waals surface area contributed by atoms with Gasteiger partial charge in [0.2, 0.25) is 0 Å². The number of ether oxygens (including phenoxy) is 1. The number of esters is 1. The monoisotopic (exact) mass is 292 g/mol. The van der Waals surface area contributed by atoms with Crippen molar-refractivity contribution in [2.75, 3.05) is 6.61 Å². The van der Waals surface area contributed by atoms with Gasteiger partial charge in [0.1, 0.15) is 11.2 Å². The predicted octanol–water partition coefficient (Wildman–Crippen LogP) is 2.63. The lowest BCUT2D eigenvalue weighted by molar-refractivity contribution is -0.144. The Kier molecular flexibility index (Phi) is 4.57. The summed E-state index contributed by atoms with van der Waals surface area (Å²) in [5.74, 6) is -0.423. The second kappa shape index (κ2) is 6.20. The van der Waals surface area contributed by atoms with Gasteiger partial charge in [-0.25, -0.2) is 4.98 Å². The average molecular weight is 293 g/mol. The van der Waals surface area contributed by atoms with Gasteiger partial charge in [-0.2, -0.15) is 0 Å². The maximum absolute atomic E-state index is 11.6. The molecule has 1 atom stereocenters. The molecule has 0 aliphatic rings. The highest BCUT2D eigenvalue weighted by Crippen LogP contribution is 2.23. The van der Waals surface area contributed by atoms with Crippen LogP contribution in [0.5, 0.6) is 0 Å².